The normalized spacial score (nSPS) is 10.1. The molecule has 1 aromatic rings. The van der Waals surface area contributed by atoms with Gasteiger partial charge in [0.2, 0.25) is 0 Å². The van der Waals surface area contributed by atoms with Gasteiger partial charge in [0.1, 0.15) is 5.75 Å². The van der Waals surface area contributed by atoms with Crippen LogP contribution in [-0.2, 0) is 0 Å². The number of ether oxygens (including phenoxy) is 1. The van der Waals surface area contributed by atoms with Crippen LogP contribution in [0.1, 0.15) is 6.92 Å². The van der Waals surface area contributed by atoms with Crippen LogP contribution in [0.25, 0.3) is 0 Å². The third kappa shape index (κ3) is 2.21. The molecule has 2 N–H and O–H groups in total. The minimum atomic E-state index is -1.88. The highest BCUT2D eigenvalue weighted by atomic mass is 19.2. The lowest BCUT2D eigenvalue weighted by Crippen LogP contribution is -2.32. The first kappa shape index (κ1) is 10.9. The fraction of sp³-hybridized carbons (Fsp3) is 0.250. The Morgan fingerprint density at radius 2 is 1.86 bits per heavy atom. The predicted molar refractivity (Wildman–Crippen MR) is 47.4 cm³/mol. The second-order valence-electron chi connectivity index (χ2n) is 2.61. The van der Waals surface area contributed by atoms with Crippen LogP contribution in [0.3, 0.4) is 0 Å². The maximum atomic E-state index is 12.7. The van der Waals surface area contributed by atoms with Gasteiger partial charge in [0.25, 0.3) is 0 Å². The smallest absolute Gasteiger partial charge is 0.492 e. The largest absolute Gasteiger partial charge is 0.494 e. The zero-order chi connectivity index (χ0) is 10.7. The molecular formula is C8H9BF2O3. The summed E-state index contributed by atoms with van der Waals surface area (Å²) in [6, 6.07) is 1.48. The Labute approximate surface area is 80.1 Å². The zero-order valence-electron chi connectivity index (χ0n) is 7.50. The van der Waals surface area contributed by atoms with Crippen LogP contribution in [0.15, 0.2) is 12.1 Å². The quantitative estimate of drug-likeness (QED) is 0.680. The SMILES string of the molecule is CCOc1cc(F)c(F)cc1B(O)O. The van der Waals surface area contributed by atoms with Crippen molar-refractivity contribution in [2.75, 3.05) is 6.61 Å². The van der Waals surface area contributed by atoms with Crippen LogP contribution in [0.2, 0.25) is 0 Å². The van der Waals surface area contributed by atoms with E-state index in [1.807, 2.05) is 0 Å². The summed E-state index contributed by atoms with van der Waals surface area (Å²) in [6.45, 7) is 1.87. The third-order valence-corrected chi connectivity index (χ3v) is 1.63. The molecule has 0 spiro atoms. The fourth-order valence-electron chi connectivity index (χ4n) is 1.03. The fourth-order valence-corrected chi connectivity index (χ4v) is 1.03. The molecule has 0 atom stereocenters. The van der Waals surface area contributed by atoms with Gasteiger partial charge in [0.05, 0.1) is 6.61 Å². The summed E-state index contributed by atoms with van der Waals surface area (Å²) < 4.78 is 30.3. The van der Waals surface area contributed by atoms with Gasteiger partial charge in [-0.2, -0.15) is 0 Å². The third-order valence-electron chi connectivity index (χ3n) is 1.63. The van der Waals surface area contributed by atoms with Crippen LogP contribution in [0, 0.1) is 11.6 Å². The lowest BCUT2D eigenvalue weighted by atomic mass is 9.79. The van der Waals surface area contributed by atoms with E-state index in [0.29, 0.717) is 6.07 Å². The van der Waals surface area contributed by atoms with Gasteiger partial charge >= 0.3 is 7.12 Å². The average molecular weight is 202 g/mol. The zero-order valence-corrected chi connectivity index (χ0v) is 7.50. The highest BCUT2D eigenvalue weighted by Gasteiger charge is 2.20. The van der Waals surface area contributed by atoms with Crippen LogP contribution in [-0.4, -0.2) is 23.8 Å². The van der Waals surface area contributed by atoms with E-state index in [-0.39, 0.29) is 17.8 Å². The molecule has 0 aliphatic carbocycles. The standard InChI is InChI=1S/C8H9BF2O3/c1-2-14-8-4-7(11)6(10)3-5(8)9(12)13/h3-4,12-13H,2H2,1H3. The van der Waals surface area contributed by atoms with Crippen molar-refractivity contribution >= 4 is 12.6 Å². The Hall–Kier alpha value is -1.14. The molecule has 0 radical (unpaired) electrons. The van der Waals surface area contributed by atoms with Crippen LogP contribution in [0.4, 0.5) is 8.78 Å². The lowest BCUT2D eigenvalue weighted by molar-refractivity contribution is 0.336. The molecule has 14 heavy (non-hydrogen) atoms. The van der Waals surface area contributed by atoms with Crippen molar-refractivity contribution in [3.05, 3.63) is 23.8 Å². The molecule has 76 valence electrons. The Kier molecular flexibility index (Phi) is 3.43. The minimum Gasteiger partial charge on any atom is -0.494 e. The van der Waals surface area contributed by atoms with Gasteiger partial charge in [-0.25, -0.2) is 8.78 Å². The summed E-state index contributed by atoms with van der Waals surface area (Å²) in [5.41, 5.74) is -0.189. The van der Waals surface area contributed by atoms with Crippen molar-refractivity contribution in [2.45, 2.75) is 6.92 Å². The van der Waals surface area contributed by atoms with Gasteiger partial charge in [-0.3, -0.25) is 0 Å². The van der Waals surface area contributed by atoms with Gasteiger partial charge < -0.3 is 14.8 Å². The molecule has 0 amide bonds. The summed E-state index contributed by atoms with van der Waals surface area (Å²) in [5, 5.41) is 17.7. The summed E-state index contributed by atoms with van der Waals surface area (Å²) in [5.74, 6) is -2.30. The van der Waals surface area contributed by atoms with E-state index in [4.69, 9.17) is 14.8 Å². The number of hydrogen-bond donors (Lipinski definition) is 2. The van der Waals surface area contributed by atoms with Gasteiger partial charge in [-0.15, -0.1) is 0 Å². The van der Waals surface area contributed by atoms with Crippen molar-refractivity contribution in [1.29, 1.82) is 0 Å². The van der Waals surface area contributed by atoms with E-state index in [1.54, 1.807) is 6.92 Å². The Morgan fingerprint density at radius 1 is 1.29 bits per heavy atom. The predicted octanol–water partition coefficient (Wildman–Crippen LogP) is 0.0433. The highest BCUT2D eigenvalue weighted by Crippen LogP contribution is 2.13. The Balaban J connectivity index is 3.17. The van der Waals surface area contributed by atoms with Crippen LogP contribution >= 0.6 is 0 Å². The van der Waals surface area contributed by atoms with E-state index in [0.717, 1.165) is 6.07 Å². The van der Waals surface area contributed by atoms with E-state index in [1.165, 1.54) is 0 Å². The molecule has 0 saturated carbocycles. The Bertz CT molecular complexity index is 331. The highest BCUT2D eigenvalue weighted by molar-refractivity contribution is 6.59. The van der Waals surface area contributed by atoms with Gasteiger partial charge in [-0.05, 0) is 13.0 Å². The summed E-state index contributed by atoms with van der Waals surface area (Å²) in [4.78, 5) is 0. The molecule has 6 heteroatoms. The summed E-state index contributed by atoms with van der Waals surface area (Å²) >= 11 is 0. The number of benzene rings is 1. The first-order valence-electron chi connectivity index (χ1n) is 4.04. The van der Waals surface area contributed by atoms with Gasteiger partial charge in [0, 0.05) is 11.5 Å². The molecular weight excluding hydrogens is 193 g/mol. The van der Waals surface area contributed by atoms with Crippen molar-refractivity contribution in [1.82, 2.24) is 0 Å². The first-order chi connectivity index (χ1) is 6.56. The second-order valence-corrected chi connectivity index (χ2v) is 2.61. The topological polar surface area (TPSA) is 49.7 Å². The molecule has 0 aromatic heterocycles. The molecule has 0 saturated heterocycles. The second kappa shape index (κ2) is 4.39. The number of rotatable bonds is 3. The minimum absolute atomic E-state index is 0.0681. The first-order valence-corrected chi connectivity index (χ1v) is 4.04. The molecule has 3 nitrogen and oxygen atoms in total. The van der Waals surface area contributed by atoms with E-state index >= 15 is 0 Å². The van der Waals surface area contributed by atoms with Gasteiger partial charge in [0.15, 0.2) is 11.6 Å². The number of hydrogen-bond acceptors (Lipinski definition) is 3. The van der Waals surface area contributed by atoms with Crippen LogP contribution in [0.5, 0.6) is 5.75 Å². The van der Waals surface area contributed by atoms with Crippen molar-refractivity contribution < 1.29 is 23.6 Å². The summed E-state index contributed by atoms with van der Waals surface area (Å²) in [6.07, 6.45) is 0. The van der Waals surface area contributed by atoms with Gasteiger partial charge in [-0.1, -0.05) is 0 Å². The molecule has 0 bridgehead atoms. The number of halogens is 2. The van der Waals surface area contributed by atoms with E-state index < -0.39 is 18.8 Å². The molecule has 0 heterocycles. The van der Waals surface area contributed by atoms with Crippen molar-refractivity contribution in [2.24, 2.45) is 0 Å². The average Bonchev–Trinajstić information content (AvgIpc) is 2.11. The monoisotopic (exact) mass is 202 g/mol. The Morgan fingerprint density at radius 3 is 2.36 bits per heavy atom. The summed E-state index contributed by atoms with van der Waals surface area (Å²) in [7, 11) is -1.88. The van der Waals surface area contributed by atoms with E-state index in [2.05, 4.69) is 0 Å². The lowest BCUT2D eigenvalue weighted by Gasteiger charge is -2.09. The molecule has 0 unspecified atom stereocenters. The van der Waals surface area contributed by atoms with Crippen molar-refractivity contribution in [3.8, 4) is 5.75 Å². The van der Waals surface area contributed by atoms with Crippen LogP contribution < -0.4 is 10.2 Å². The van der Waals surface area contributed by atoms with E-state index in [9.17, 15) is 8.78 Å². The molecule has 0 aliphatic rings. The maximum Gasteiger partial charge on any atom is 0.492 e. The maximum absolute atomic E-state index is 12.7. The molecule has 0 aliphatic heterocycles. The molecule has 1 aromatic carbocycles. The molecule has 1 rings (SSSR count). The van der Waals surface area contributed by atoms with Crippen molar-refractivity contribution in [3.63, 3.8) is 0 Å². The molecule has 0 fully saturated rings.